The van der Waals surface area contributed by atoms with Gasteiger partial charge in [0.2, 0.25) is 10.0 Å². The molecule has 0 fully saturated rings. The molecule has 0 aromatic heterocycles. The Morgan fingerprint density at radius 1 is 1.32 bits per heavy atom. The van der Waals surface area contributed by atoms with Crippen molar-refractivity contribution in [2.24, 2.45) is 11.7 Å². The zero-order valence-corrected chi connectivity index (χ0v) is 11.3. The fraction of sp³-hybridized carbons (Fsp3) is 0.364. The monoisotopic (exact) mass is 291 g/mol. The maximum absolute atomic E-state index is 13.0. The van der Waals surface area contributed by atoms with Crippen molar-refractivity contribution in [2.45, 2.75) is 24.8 Å². The predicted octanol–water partition coefficient (Wildman–Crippen LogP) is 1.20. The smallest absolute Gasteiger partial charge is 0.241 e. The molecule has 0 saturated heterocycles. The first-order valence-corrected chi connectivity index (χ1v) is 6.94. The third-order valence-corrected chi connectivity index (χ3v) is 3.92. The molecule has 0 aliphatic heterocycles. The number of nitrogens with one attached hydrogen (secondary N) is 2. The number of hydrogen-bond donors (Lipinski definition) is 3. The third-order valence-electron chi connectivity index (χ3n) is 2.49. The van der Waals surface area contributed by atoms with Crippen LogP contribution in [0.4, 0.5) is 8.78 Å². The van der Waals surface area contributed by atoms with Gasteiger partial charge in [-0.25, -0.2) is 21.9 Å². The van der Waals surface area contributed by atoms with Crippen LogP contribution in [0, 0.1) is 23.0 Å². The second-order valence-electron chi connectivity index (χ2n) is 4.37. The average Bonchev–Trinajstić information content (AvgIpc) is 2.28. The van der Waals surface area contributed by atoms with Crippen LogP contribution in [0.3, 0.4) is 0 Å². The van der Waals surface area contributed by atoms with Crippen LogP contribution in [-0.2, 0) is 10.0 Å². The highest BCUT2D eigenvalue weighted by molar-refractivity contribution is 7.89. The van der Waals surface area contributed by atoms with Crippen LogP contribution in [0.2, 0.25) is 0 Å². The van der Waals surface area contributed by atoms with Gasteiger partial charge in [-0.15, -0.1) is 0 Å². The zero-order chi connectivity index (χ0) is 14.8. The Morgan fingerprint density at radius 3 is 2.32 bits per heavy atom. The summed E-state index contributed by atoms with van der Waals surface area (Å²) in [6, 6.07) is 1.34. The molecule has 0 heterocycles. The summed E-state index contributed by atoms with van der Waals surface area (Å²) in [6.45, 7) is 3.36. The number of amidine groups is 1. The Hall–Kier alpha value is -1.54. The molecular weight excluding hydrogens is 276 g/mol. The van der Waals surface area contributed by atoms with E-state index in [0.717, 1.165) is 12.1 Å². The minimum absolute atomic E-state index is 0.252. The highest BCUT2D eigenvalue weighted by Crippen LogP contribution is 2.15. The summed E-state index contributed by atoms with van der Waals surface area (Å²) in [5.41, 5.74) is 5.30. The van der Waals surface area contributed by atoms with Crippen molar-refractivity contribution in [3.05, 3.63) is 29.8 Å². The first kappa shape index (κ1) is 15.5. The van der Waals surface area contributed by atoms with Crippen LogP contribution in [0.15, 0.2) is 23.1 Å². The van der Waals surface area contributed by atoms with Gasteiger partial charge in [-0.1, -0.05) is 13.8 Å². The van der Waals surface area contributed by atoms with E-state index < -0.39 is 32.6 Å². The molecule has 19 heavy (non-hydrogen) atoms. The molecule has 1 rings (SSSR count). The summed E-state index contributed by atoms with van der Waals surface area (Å²) in [7, 11) is -4.07. The minimum atomic E-state index is -4.07. The molecule has 0 aliphatic rings. The topological polar surface area (TPSA) is 96.0 Å². The minimum Gasteiger partial charge on any atom is -0.386 e. The van der Waals surface area contributed by atoms with Gasteiger partial charge in [-0.2, -0.15) is 0 Å². The lowest BCUT2D eigenvalue weighted by atomic mass is 10.1. The van der Waals surface area contributed by atoms with Crippen molar-refractivity contribution in [3.63, 3.8) is 0 Å². The Morgan fingerprint density at radius 2 is 1.89 bits per heavy atom. The molecule has 0 bridgehead atoms. The van der Waals surface area contributed by atoms with Gasteiger partial charge in [-0.05, 0) is 24.1 Å². The van der Waals surface area contributed by atoms with E-state index in [-0.39, 0.29) is 11.8 Å². The maximum atomic E-state index is 13.0. The summed E-state index contributed by atoms with van der Waals surface area (Å²) in [6.07, 6.45) is 0. The molecular formula is C11H15F2N3O2S. The second-order valence-corrected chi connectivity index (χ2v) is 6.09. The summed E-state index contributed by atoms with van der Waals surface area (Å²) < 4.78 is 51.9. The van der Waals surface area contributed by atoms with Gasteiger partial charge >= 0.3 is 0 Å². The number of rotatable bonds is 5. The van der Waals surface area contributed by atoms with Crippen molar-refractivity contribution in [3.8, 4) is 0 Å². The SMILES string of the molecule is CC(C)C(NS(=O)(=O)c1ccc(F)c(F)c1)C(=N)N. The highest BCUT2D eigenvalue weighted by Gasteiger charge is 2.25. The molecule has 106 valence electrons. The van der Waals surface area contributed by atoms with Gasteiger partial charge in [0.05, 0.1) is 10.9 Å². The van der Waals surface area contributed by atoms with Gasteiger partial charge in [0.1, 0.15) is 5.84 Å². The second kappa shape index (κ2) is 5.62. The lowest BCUT2D eigenvalue weighted by Crippen LogP contribution is -2.47. The summed E-state index contributed by atoms with van der Waals surface area (Å²) >= 11 is 0. The Labute approximate surface area is 110 Å². The van der Waals surface area contributed by atoms with Gasteiger partial charge in [0.25, 0.3) is 0 Å². The zero-order valence-electron chi connectivity index (χ0n) is 10.4. The Balaban J connectivity index is 3.10. The van der Waals surface area contributed by atoms with E-state index in [1.165, 1.54) is 0 Å². The van der Waals surface area contributed by atoms with E-state index in [1.54, 1.807) is 13.8 Å². The van der Waals surface area contributed by atoms with Crippen LogP contribution in [0.5, 0.6) is 0 Å². The van der Waals surface area contributed by atoms with Crippen molar-refractivity contribution in [2.75, 3.05) is 0 Å². The van der Waals surface area contributed by atoms with E-state index in [4.69, 9.17) is 11.1 Å². The first-order chi connectivity index (χ1) is 8.65. The van der Waals surface area contributed by atoms with Crippen molar-refractivity contribution < 1.29 is 17.2 Å². The van der Waals surface area contributed by atoms with Crippen LogP contribution in [0.1, 0.15) is 13.8 Å². The Bertz CT molecular complexity index is 588. The number of nitrogens with two attached hydrogens (primary N) is 1. The molecule has 0 amide bonds. The Kier molecular flexibility index (Phi) is 4.59. The average molecular weight is 291 g/mol. The van der Waals surface area contributed by atoms with Crippen molar-refractivity contribution >= 4 is 15.9 Å². The van der Waals surface area contributed by atoms with Crippen molar-refractivity contribution in [1.82, 2.24) is 4.72 Å². The molecule has 4 N–H and O–H groups in total. The van der Waals surface area contributed by atoms with E-state index in [9.17, 15) is 17.2 Å². The van der Waals surface area contributed by atoms with Gasteiger partial charge in [0, 0.05) is 0 Å². The van der Waals surface area contributed by atoms with Crippen molar-refractivity contribution in [1.29, 1.82) is 5.41 Å². The number of halogens is 2. The molecule has 0 radical (unpaired) electrons. The maximum Gasteiger partial charge on any atom is 0.241 e. The van der Waals surface area contributed by atoms with Crippen LogP contribution >= 0.6 is 0 Å². The first-order valence-electron chi connectivity index (χ1n) is 5.46. The molecule has 1 unspecified atom stereocenters. The molecule has 0 saturated carbocycles. The van der Waals surface area contributed by atoms with Crippen LogP contribution in [-0.4, -0.2) is 20.3 Å². The molecule has 5 nitrogen and oxygen atoms in total. The summed E-state index contributed by atoms with van der Waals surface area (Å²) in [5, 5.41) is 7.32. The highest BCUT2D eigenvalue weighted by atomic mass is 32.2. The van der Waals surface area contributed by atoms with E-state index >= 15 is 0 Å². The number of sulfonamides is 1. The molecule has 0 spiro atoms. The molecule has 1 aromatic rings. The summed E-state index contributed by atoms with van der Waals surface area (Å²) in [5.74, 6) is -2.99. The standard InChI is InChI=1S/C11H15F2N3O2S/c1-6(2)10(11(14)15)16-19(17,18)7-3-4-8(12)9(13)5-7/h3-6,10,16H,1-2H3,(H3,14,15). The molecule has 8 heteroatoms. The summed E-state index contributed by atoms with van der Waals surface area (Å²) in [4.78, 5) is -0.418. The molecule has 0 aliphatic carbocycles. The van der Waals surface area contributed by atoms with E-state index in [2.05, 4.69) is 4.72 Å². The number of benzene rings is 1. The predicted molar refractivity (Wildman–Crippen MR) is 67.2 cm³/mol. The fourth-order valence-corrected chi connectivity index (χ4v) is 2.81. The lowest BCUT2D eigenvalue weighted by Gasteiger charge is -2.20. The number of hydrogen-bond acceptors (Lipinski definition) is 3. The third kappa shape index (κ3) is 3.71. The lowest BCUT2D eigenvalue weighted by molar-refractivity contribution is 0.501. The quantitative estimate of drug-likeness (QED) is 0.562. The van der Waals surface area contributed by atoms with E-state index in [0.29, 0.717) is 6.07 Å². The van der Waals surface area contributed by atoms with E-state index in [1.807, 2.05) is 0 Å². The molecule has 1 atom stereocenters. The van der Waals surface area contributed by atoms with Gasteiger partial charge in [-0.3, -0.25) is 5.41 Å². The van der Waals surface area contributed by atoms with Crippen LogP contribution < -0.4 is 10.5 Å². The molecule has 1 aromatic carbocycles. The normalized spacial score (nSPS) is 13.5. The van der Waals surface area contributed by atoms with Gasteiger partial charge < -0.3 is 5.73 Å². The van der Waals surface area contributed by atoms with Gasteiger partial charge in [0.15, 0.2) is 11.6 Å². The largest absolute Gasteiger partial charge is 0.386 e. The van der Waals surface area contributed by atoms with Crippen LogP contribution in [0.25, 0.3) is 0 Å². The fourth-order valence-electron chi connectivity index (χ4n) is 1.44.